The van der Waals surface area contributed by atoms with Crippen molar-refractivity contribution >= 4 is 41.3 Å². The number of nitrogens with one attached hydrogen (secondary N) is 2. The highest BCUT2D eigenvalue weighted by Crippen LogP contribution is 2.21. The number of likely N-dealkylation sites (tertiary alicyclic amines) is 1. The van der Waals surface area contributed by atoms with Gasteiger partial charge in [0.25, 0.3) is 0 Å². The first-order chi connectivity index (χ1) is 15.2. The number of thiophene rings is 1. The third kappa shape index (κ3) is 8.62. The van der Waals surface area contributed by atoms with Gasteiger partial charge < -0.3 is 20.1 Å². The molecule has 7 nitrogen and oxygen atoms in total. The molecule has 2 N–H and O–H groups in total. The van der Waals surface area contributed by atoms with E-state index in [2.05, 4.69) is 68.6 Å². The lowest BCUT2D eigenvalue weighted by Gasteiger charge is -2.29. The number of aryl methyl sites for hydroxylation is 1. The standard InChI is InChI=1S/C23H39N7S.HI/c1-4-20(21-8-6-17-31-21)27-23(25-12-16-30-18-26-28-22(30)5-2)24-11-7-13-29-14-9-19(3)10-15-29;/h6,8,17-20H,4-5,7,9-16H2,1-3H3,(H2,24,25,27);1H. The Morgan fingerprint density at radius 2 is 2.09 bits per heavy atom. The van der Waals surface area contributed by atoms with Gasteiger partial charge in [-0.15, -0.1) is 45.5 Å². The fraction of sp³-hybridized carbons (Fsp3) is 0.696. The molecular formula is C23H40IN7S. The van der Waals surface area contributed by atoms with E-state index in [9.17, 15) is 0 Å². The van der Waals surface area contributed by atoms with Crippen molar-refractivity contribution in [1.82, 2.24) is 30.3 Å². The third-order valence-corrected chi connectivity index (χ3v) is 7.03. The Morgan fingerprint density at radius 1 is 1.28 bits per heavy atom. The van der Waals surface area contributed by atoms with E-state index in [1.165, 1.54) is 30.8 Å². The zero-order valence-electron chi connectivity index (χ0n) is 19.8. The summed E-state index contributed by atoms with van der Waals surface area (Å²) in [5.41, 5.74) is 0. The second kappa shape index (κ2) is 14.8. The molecule has 1 unspecified atom stereocenters. The van der Waals surface area contributed by atoms with Crippen LogP contribution in [-0.2, 0) is 13.0 Å². The lowest BCUT2D eigenvalue weighted by molar-refractivity contribution is 0.191. The molecule has 1 fully saturated rings. The monoisotopic (exact) mass is 573 g/mol. The number of aliphatic imine (C=N–C) groups is 1. The van der Waals surface area contributed by atoms with Crippen LogP contribution in [0, 0.1) is 5.92 Å². The number of halogens is 1. The second-order valence-electron chi connectivity index (χ2n) is 8.45. The predicted octanol–water partition coefficient (Wildman–Crippen LogP) is 4.33. The van der Waals surface area contributed by atoms with Gasteiger partial charge in [-0.3, -0.25) is 4.99 Å². The number of hydrogen-bond acceptors (Lipinski definition) is 5. The number of aromatic nitrogens is 3. The smallest absolute Gasteiger partial charge is 0.191 e. The molecule has 9 heteroatoms. The van der Waals surface area contributed by atoms with Crippen molar-refractivity contribution < 1.29 is 0 Å². The molecule has 0 spiro atoms. The van der Waals surface area contributed by atoms with Gasteiger partial charge in [0, 0.05) is 30.9 Å². The van der Waals surface area contributed by atoms with Crippen LogP contribution in [-0.4, -0.2) is 58.3 Å². The van der Waals surface area contributed by atoms with Crippen molar-refractivity contribution in [2.45, 2.75) is 65.5 Å². The number of hydrogen-bond donors (Lipinski definition) is 2. The molecule has 0 amide bonds. The summed E-state index contributed by atoms with van der Waals surface area (Å²) in [6, 6.07) is 4.61. The summed E-state index contributed by atoms with van der Waals surface area (Å²) in [5.74, 6) is 2.81. The highest BCUT2D eigenvalue weighted by molar-refractivity contribution is 14.0. The maximum absolute atomic E-state index is 4.91. The lowest BCUT2D eigenvalue weighted by Crippen LogP contribution is -2.41. The van der Waals surface area contributed by atoms with E-state index < -0.39 is 0 Å². The molecular weight excluding hydrogens is 533 g/mol. The van der Waals surface area contributed by atoms with E-state index in [4.69, 9.17) is 4.99 Å². The van der Waals surface area contributed by atoms with Crippen molar-refractivity contribution in [2.24, 2.45) is 10.9 Å². The van der Waals surface area contributed by atoms with Crippen molar-refractivity contribution in [2.75, 3.05) is 32.7 Å². The SMILES string of the molecule is CCc1nncn1CCNC(=NCCCN1CCC(C)CC1)NC(CC)c1cccs1.I. The quantitative estimate of drug-likeness (QED) is 0.181. The normalized spacial score (nSPS) is 16.5. The molecule has 1 saturated heterocycles. The minimum Gasteiger partial charge on any atom is -0.355 e. The van der Waals surface area contributed by atoms with Crippen LogP contribution in [0.15, 0.2) is 28.8 Å². The fourth-order valence-corrected chi connectivity index (χ4v) is 4.85. The van der Waals surface area contributed by atoms with Crippen LogP contribution in [0.4, 0.5) is 0 Å². The number of nitrogens with zero attached hydrogens (tertiary/aromatic N) is 5. The summed E-state index contributed by atoms with van der Waals surface area (Å²) >= 11 is 1.80. The molecule has 0 bridgehead atoms. The lowest BCUT2D eigenvalue weighted by atomic mass is 9.99. The van der Waals surface area contributed by atoms with Gasteiger partial charge in [0.2, 0.25) is 0 Å². The van der Waals surface area contributed by atoms with Crippen molar-refractivity contribution in [1.29, 1.82) is 0 Å². The third-order valence-electron chi connectivity index (χ3n) is 6.04. The van der Waals surface area contributed by atoms with Gasteiger partial charge in [-0.05, 0) is 62.7 Å². The van der Waals surface area contributed by atoms with Gasteiger partial charge in [-0.1, -0.05) is 26.8 Å². The molecule has 0 aliphatic carbocycles. The number of piperidine rings is 1. The maximum Gasteiger partial charge on any atom is 0.191 e. The molecule has 180 valence electrons. The Bertz CT molecular complexity index is 769. The topological polar surface area (TPSA) is 70.4 Å². The summed E-state index contributed by atoms with van der Waals surface area (Å²) in [4.78, 5) is 8.86. The van der Waals surface area contributed by atoms with Gasteiger partial charge in [-0.25, -0.2) is 0 Å². The largest absolute Gasteiger partial charge is 0.355 e. The average Bonchev–Trinajstić information content (AvgIpc) is 3.47. The zero-order valence-corrected chi connectivity index (χ0v) is 22.9. The summed E-state index contributed by atoms with van der Waals surface area (Å²) < 4.78 is 2.11. The average molecular weight is 574 g/mol. The highest BCUT2D eigenvalue weighted by atomic mass is 127. The van der Waals surface area contributed by atoms with Gasteiger partial charge in [0.1, 0.15) is 12.2 Å². The van der Waals surface area contributed by atoms with Gasteiger partial charge >= 0.3 is 0 Å². The van der Waals surface area contributed by atoms with E-state index in [0.29, 0.717) is 0 Å². The van der Waals surface area contributed by atoms with Crippen molar-refractivity contribution in [3.05, 3.63) is 34.5 Å². The van der Waals surface area contributed by atoms with Crippen LogP contribution in [0.3, 0.4) is 0 Å². The molecule has 2 aromatic heterocycles. The Hall–Kier alpha value is -1.20. The van der Waals surface area contributed by atoms with Gasteiger partial charge in [-0.2, -0.15) is 0 Å². The number of rotatable bonds is 11. The van der Waals surface area contributed by atoms with Gasteiger partial charge in [0.05, 0.1) is 6.04 Å². The minimum atomic E-state index is 0. The highest BCUT2D eigenvalue weighted by Gasteiger charge is 2.15. The van der Waals surface area contributed by atoms with E-state index in [1.54, 1.807) is 11.3 Å². The Balaban J connectivity index is 0.00000363. The number of guanidine groups is 1. The molecule has 3 rings (SSSR count). The molecule has 1 aliphatic rings. The second-order valence-corrected chi connectivity index (χ2v) is 9.43. The van der Waals surface area contributed by atoms with Crippen molar-refractivity contribution in [3.63, 3.8) is 0 Å². The summed E-state index contributed by atoms with van der Waals surface area (Å²) in [5, 5.41) is 17.5. The first-order valence-electron chi connectivity index (χ1n) is 11.9. The Labute approximate surface area is 214 Å². The summed E-state index contributed by atoms with van der Waals surface area (Å²) in [7, 11) is 0. The van der Waals surface area contributed by atoms with E-state index in [1.807, 2.05) is 6.33 Å². The van der Waals surface area contributed by atoms with Crippen LogP contribution in [0.25, 0.3) is 0 Å². The first kappa shape index (κ1) is 27.0. The summed E-state index contributed by atoms with van der Waals surface area (Å²) in [6.07, 6.45) is 7.50. The maximum atomic E-state index is 4.91. The van der Waals surface area contributed by atoms with E-state index in [0.717, 1.165) is 63.1 Å². The van der Waals surface area contributed by atoms with Crippen LogP contribution < -0.4 is 10.6 Å². The Morgan fingerprint density at radius 3 is 2.78 bits per heavy atom. The molecule has 0 saturated carbocycles. The van der Waals surface area contributed by atoms with Crippen LogP contribution in [0.5, 0.6) is 0 Å². The first-order valence-corrected chi connectivity index (χ1v) is 12.7. The fourth-order valence-electron chi connectivity index (χ4n) is 3.99. The molecule has 1 aliphatic heterocycles. The Kier molecular flexibility index (Phi) is 12.6. The van der Waals surface area contributed by atoms with Crippen LogP contribution in [0.1, 0.15) is 63.2 Å². The van der Waals surface area contributed by atoms with E-state index in [-0.39, 0.29) is 30.0 Å². The zero-order chi connectivity index (χ0) is 21.9. The van der Waals surface area contributed by atoms with Crippen molar-refractivity contribution in [3.8, 4) is 0 Å². The molecule has 1 atom stereocenters. The molecule has 32 heavy (non-hydrogen) atoms. The van der Waals surface area contributed by atoms with Crippen LogP contribution in [0.2, 0.25) is 0 Å². The van der Waals surface area contributed by atoms with Crippen LogP contribution >= 0.6 is 35.3 Å². The predicted molar refractivity (Wildman–Crippen MR) is 145 cm³/mol. The molecule has 0 radical (unpaired) electrons. The minimum absolute atomic E-state index is 0. The molecule has 0 aromatic carbocycles. The molecule has 3 heterocycles. The summed E-state index contributed by atoms with van der Waals surface area (Å²) in [6.45, 7) is 12.8. The van der Waals surface area contributed by atoms with Gasteiger partial charge in [0.15, 0.2) is 5.96 Å². The molecule has 2 aromatic rings. The van der Waals surface area contributed by atoms with E-state index >= 15 is 0 Å².